The molecule has 0 atom stereocenters. The molecule has 3 aromatic carbocycles. The number of aromatic nitrogens is 1. The first-order valence-electron chi connectivity index (χ1n) is 13.1. The average Bonchev–Trinajstić information content (AvgIpc) is 3.68. The molecule has 0 N–H and O–H groups in total. The number of halogens is 2. The van der Waals surface area contributed by atoms with Crippen molar-refractivity contribution in [2.24, 2.45) is 5.92 Å². The number of para-hydroxylation sites is 1. The number of carbonyl (C=O) groups is 1. The molecular weight excluding hydrogens is 470 g/mol. The molecule has 1 saturated carbocycles. The Balaban J connectivity index is 1.17. The van der Waals surface area contributed by atoms with Gasteiger partial charge in [-0.3, -0.25) is 4.79 Å². The zero-order chi connectivity index (χ0) is 25.4. The van der Waals surface area contributed by atoms with Gasteiger partial charge in [-0.05, 0) is 85.0 Å². The summed E-state index contributed by atoms with van der Waals surface area (Å²) in [4.78, 5) is 15.0. The van der Waals surface area contributed by atoms with Crippen molar-refractivity contribution < 1.29 is 18.3 Å². The first-order valence-corrected chi connectivity index (χ1v) is 13.1. The number of likely N-dealkylation sites (tertiary alicyclic amines) is 1. The maximum absolute atomic E-state index is 14.6. The van der Waals surface area contributed by atoms with Crippen LogP contribution in [0, 0.1) is 17.6 Å². The lowest BCUT2D eigenvalue weighted by Crippen LogP contribution is -2.38. The van der Waals surface area contributed by atoms with Crippen LogP contribution in [0.3, 0.4) is 0 Å². The van der Waals surface area contributed by atoms with E-state index in [1.807, 2.05) is 23.1 Å². The fourth-order valence-electron chi connectivity index (χ4n) is 5.37. The van der Waals surface area contributed by atoms with Gasteiger partial charge in [-0.15, -0.1) is 0 Å². The third kappa shape index (κ3) is 5.10. The lowest BCUT2D eigenvalue weighted by molar-refractivity contribution is 0.0711. The van der Waals surface area contributed by atoms with Crippen LogP contribution in [-0.4, -0.2) is 35.1 Å². The molecule has 4 aromatic rings. The lowest BCUT2D eigenvalue weighted by Gasteiger charge is -2.33. The van der Waals surface area contributed by atoms with Crippen LogP contribution in [0.5, 0.6) is 5.75 Å². The van der Waals surface area contributed by atoms with Gasteiger partial charge < -0.3 is 14.2 Å². The molecule has 6 rings (SSSR count). The second kappa shape index (κ2) is 10.0. The van der Waals surface area contributed by atoms with E-state index in [0.717, 1.165) is 42.1 Å². The van der Waals surface area contributed by atoms with Crippen LogP contribution in [0.2, 0.25) is 0 Å². The van der Waals surface area contributed by atoms with E-state index in [2.05, 4.69) is 22.8 Å². The summed E-state index contributed by atoms with van der Waals surface area (Å²) in [6.45, 7) is 2.33. The van der Waals surface area contributed by atoms with Gasteiger partial charge in [-0.2, -0.15) is 0 Å². The van der Waals surface area contributed by atoms with Crippen LogP contribution in [0.1, 0.15) is 53.2 Å². The maximum atomic E-state index is 14.6. The molecular formula is C31H30F2N2O2. The molecule has 4 nitrogen and oxygen atoms in total. The number of fused-ring (bicyclic) bond motifs is 1. The summed E-state index contributed by atoms with van der Waals surface area (Å²) in [6, 6.07) is 21.8. The molecule has 2 heterocycles. The number of ether oxygens (including phenoxy) is 1. The van der Waals surface area contributed by atoms with Gasteiger partial charge >= 0.3 is 0 Å². The highest BCUT2D eigenvalue weighted by Gasteiger charge is 2.28. The van der Waals surface area contributed by atoms with E-state index in [4.69, 9.17) is 4.74 Å². The van der Waals surface area contributed by atoms with E-state index < -0.39 is 5.82 Å². The van der Waals surface area contributed by atoms with Crippen LogP contribution >= 0.6 is 0 Å². The van der Waals surface area contributed by atoms with Crippen molar-refractivity contribution in [1.29, 1.82) is 0 Å². The highest BCUT2D eigenvalue weighted by molar-refractivity contribution is 5.94. The van der Waals surface area contributed by atoms with E-state index in [1.54, 1.807) is 24.3 Å². The number of benzene rings is 3. The van der Waals surface area contributed by atoms with E-state index in [9.17, 15) is 13.6 Å². The highest BCUT2D eigenvalue weighted by Crippen LogP contribution is 2.34. The molecule has 1 aliphatic heterocycles. The van der Waals surface area contributed by atoms with Gasteiger partial charge in [-0.1, -0.05) is 30.3 Å². The van der Waals surface area contributed by atoms with Crippen LogP contribution in [0.25, 0.3) is 10.9 Å². The summed E-state index contributed by atoms with van der Waals surface area (Å²) in [6.07, 6.45) is 3.91. The third-order valence-electron chi connectivity index (χ3n) is 7.62. The largest absolute Gasteiger partial charge is 0.490 e. The van der Waals surface area contributed by atoms with Crippen LogP contribution in [0.4, 0.5) is 8.78 Å². The van der Waals surface area contributed by atoms with Crippen molar-refractivity contribution in [1.82, 2.24) is 9.47 Å². The number of hydrogen-bond acceptors (Lipinski definition) is 2. The highest BCUT2D eigenvalue weighted by atomic mass is 19.1. The summed E-state index contributed by atoms with van der Waals surface area (Å²) in [5.74, 6) is 0.165. The zero-order valence-electron chi connectivity index (χ0n) is 20.7. The van der Waals surface area contributed by atoms with Crippen molar-refractivity contribution in [3.05, 3.63) is 101 Å². The first-order chi connectivity index (χ1) is 18.0. The molecule has 1 saturated heterocycles. The number of piperidine rings is 1. The quantitative estimate of drug-likeness (QED) is 0.280. The van der Waals surface area contributed by atoms with Gasteiger partial charge in [0.1, 0.15) is 5.82 Å². The van der Waals surface area contributed by atoms with Crippen LogP contribution in [-0.2, 0) is 6.54 Å². The Kier molecular flexibility index (Phi) is 6.41. The van der Waals surface area contributed by atoms with E-state index in [-0.39, 0.29) is 23.4 Å². The van der Waals surface area contributed by atoms with Gasteiger partial charge in [-0.25, -0.2) is 8.78 Å². The van der Waals surface area contributed by atoms with Crippen molar-refractivity contribution in [3.8, 4) is 5.75 Å². The standard InChI is InChI=1S/C31H30F2N2O2/c32-26-6-3-4-22(16-26)19-35-28-7-2-1-5-24(28)18-29(35)23-12-14-34(15-13-23)31(36)25-10-11-30(27(33)17-25)37-20-21-8-9-21/h1-7,10-11,16-18,21,23H,8-9,12-15,19-20H2. The smallest absolute Gasteiger partial charge is 0.253 e. The Labute approximate surface area is 215 Å². The van der Waals surface area contributed by atoms with Crippen molar-refractivity contribution in [3.63, 3.8) is 0 Å². The molecule has 1 aromatic heterocycles. The van der Waals surface area contributed by atoms with E-state index in [0.29, 0.717) is 37.7 Å². The molecule has 0 spiro atoms. The molecule has 0 bridgehead atoms. The predicted octanol–water partition coefficient (Wildman–Crippen LogP) is 6.78. The summed E-state index contributed by atoms with van der Waals surface area (Å²) >= 11 is 0. The van der Waals surface area contributed by atoms with Gasteiger partial charge in [0.05, 0.1) is 6.61 Å². The molecule has 2 fully saturated rings. The fourth-order valence-corrected chi connectivity index (χ4v) is 5.37. The molecule has 1 aliphatic carbocycles. The number of amides is 1. The van der Waals surface area contributed by atoms with Crippen molar-refractivity contribution in [2.45, 2.75) is 38.1 Å². The zero-order valence-corrected chi connectivity index (χ0v) is 20.7. The summed E-state index contributed by atoms with van der Waals surface area (Å²) < 4.78 is 36.3. The lowest BCUT2D eigenvalue weighted by atomic mass is 9.92. The molecule has 190 valence electrons. The SMILES string of the molecule is O=C(c1ccc(OCC2CC2)c(F)c1)N1CCC(c2cc3ccccc3n2Cc2cccc(F)c2)CC1. The molecule has 1 amide bonds. The third-order valence-corrected chi connectivity index (χ3v) is 7.62. The normalized spacial score (nSPS) is 16.3. The summed E-state index contributed by atoms with van der Waals surface area (Å²) in [5, 5.41) is 1.16. The first kappa shape index (κ1) is 23.7. The molecule has 37 heavy (non-hydrogen) atoms. The minimum absolute atomic E-state index is 0.147. The molecule has 6 heteroatoms. The van der Waals surface area contributed by atoms with Gasteiger partial charge in [0.25, 0.3) is 5.91 Å². The predicted molar refractivity (Wildman–Crippen MR) is 140 cm³/mol. The molecule has 0 unspecified atom stereocenters. The number of nitrogens with zero attached hydrogens (tertiary/aromatic N) is 2. The average molecular weight is 501 g/mol. The molecule has 0 radical (unpaired) electrons. The number of rotatable bonds is 7. The van der Waals surface area contributed by atoms with E-state index >= 15 is 0 Å². The second-order valence-corrected chi connectivity index (χ2v) is 10.3. The Morgan fingerprint density at radius 1 is 0.892 bits per heavy atom. The Morgan fingerprint density at radius 2 is 1.70 bits per heavy atom. The summed E-state index contributed by atoms with van der Waals surface area (Å²) in [5.41, 5.74) is 3.61. The van der Waals surface area contributed by atoms with Crippen LogP contribution < -0.4 is 4.74 Å². The molecule has 2 aliphatic rings. The Morgan fingerprint density at radius 3 is 2.46 bits per heavy atom. The van der Waals surface area contributed by atoms with Crippen LogP contribution in [0.15, 0.2) is 72.8 Å². The Bertz CT molecular complexity index is 1430. The topological polar surface area (TPSA) is 34.5 Å². The maximum Gasteiger partial charge on any atom is 0.253 e. The Hall–Kier alpha value is -3.67. The van der Waals surface area contributed by atoms with E-state index in [1.165, 1.54) is 17.8 Å². The second-order valence-electron chi connectivity index (χ2n) is 10.3. The minimum atomic E-state index is -0.483. The van der Waals surface area contributed by atoms with Gasteiger partial charge in [0.2, 0.25) is 0 Å². The van der Waals surface area contributed by atoms with Gasteiger partial charge in [0.15, 0.2) is 11.6 Å². The van der Waals surface area contributed by atoms with Crippen molar-refractivity contribution in [2.75, 3.05) is 19.7 Å². The summed E-state index contributed by atoms with van der Waals surface area (Å²) in [7, 11) is 0. The van der Waals surface area contributed by atoms with Crippen molar-refractivity contribution >= 4 is 16.8 Å². The number of hydrogen-bond donors (Lipinski definition) is 0. The fraction of sp³-hybridized carbons (Fsp3) is 0.323. The monoisotopic (exact) mass is 500 g/mol. The van der Waals surface area contributed by atoms with Gasteiger partial charge in [0, 0.05) is 42.3 Å². The number of carbonyl (C=O) groups excluding carboxylic acids is 1. The minimum Gasteiger partial charge on any atom is -0.490 e.